The van der Waals surface area contributed by atoms with Gasteiger partial charge in [-0.25, -0.2) is 8.42 Å². The number of hydrogen-bond acceptors (Lipinski definition) is 5. The first-order valence-electron chi connectivity index (χ1n) is 6.22. The van der Waals surface area contributed by atoms with E-state index in [1.807, 2.05) is 6.07 Å². The van der Waals surface area contributed by atoms with Crippen LogP contribution in [-0.2, 0) is 16.4 Å². The Bertz CT molecular complexity index is 499. The molecule has 19 heavy (non-hydrogen) atoms. The molecule has 2 N–H and O–H groups in total. The first-order chi connectivity index (χ1) is 9.02. The van der Waals surface area contributed by atoms with Crippen LogP contribution in [0.4, 0.5) is 0 Å². The fourth-order valence-electron chi connectivity index (χ4n) is 1.59. The third-order valence-corrected chi connectivity index (χ3v) is 4.57. The van der Waals surface area contributed by atoms with E-state index in [1.165, 1.54) is 0 Å². The zero-order valence-electron chi connectivity index (χ0n) is 11.4. The summed E-state index contributed by atoms with van der Waals surface area (Å²) < 4.78 is 33.3. The second-order valence-electron chi connectivity index (χ2n) is 4.12. The lowest BCUT2D eigenvalue weighted by Gasteiger charge is -2.11. The highest BCUT2D eigenvalue weighted by atomic mass is 32.2. The predicted molar refractivity (Wildman–Crippen MR) is 75.3 cm³/mol. The smallest absolute Gasteiger partial charge is 0.150 e. The standard InChI is InChI=1S/C13H21NO4S/c1-3-19(15,16)8-4-7-18-13-6-5-12(17-2)9-11(13)10-14/h5-6,9H,3-4,7-8,10,14H2,1-2H3. The molecule has 1 rings (SSSR count). The minimum Gasteiger partial charge on any atom is -0.497 e. The Kier molecular flexibility index (Phi) is 6.11. The van der Waals surface area contributed by atoms with Crippen LogP contribution in [0.3, 0.4) is 0 Å². The fourth-order valence-corrected chi connectivity index (χ4v) is 2.43. The quantitative estimate of drug-likeness (QED) is 0.730. The molecule has 0 radical (unpaired) electrons. The van der Waals surface area contributed by atoms with Gasteiger partial charge in [-0.1, -0.05) is 6.92 Å². The van der Waals surface area contributed by atoms with E-state index in [0.29, 0.717) is 25.3 Å². The number of sulfone groups is 1. The maximum Gasteiger partial charge on any atom is 0.150 e. The summed E-state index contributed by atoms with van der Waals surface area (Å²) in [6, 6.07) is 5.39. The average Bonchev–Trinajstić information content (AvgIpc) is 2.43. The molecular formula is C13H21NO4S. The molecule has 108 valence electrons. The van der Waals surface area contributed by atoms with Crippen molar-refractivity contribution in [2.45, 2.75) is 19.9 Å². The molecule has 0 spiro atoms. The molecule has 0 heterocycles. The summed E-state index contributed by atoms with van der Waals surface area (Å²) in [6.45, 7) is 2.35. The van der Waals surface area contributed by atoms with Crippen molar-refractivity contribution in [2.24, 2.45) is 5.73 Å². The van der Waals surface area contributed by atoms with Crippen molar-refractivity contribution in [1.82, 2.24) is 0 Å². The number of ether oxygens (including phenoxy) is 2. The molecule has 0 aliphatic heterocycles. The highest BCUT2D eigenvalue weighted by Crippen LogP contribution is 2.23. The summed E-state index contributed by atoms with van der Waals surface area (Å²) in [5.74, 6) is 1.72. The number of hydrogen-bond donors (Lipinski definition) is 1. The molecule has 0 atom stereocenters. The van der Waals surface area contributed by atoms with Gasteiger partial charge in [0.1, 0.15) is 21.3 Å². The molecule has 0 saturated carbocycles. The van der Waals surface area contributed by atoms with Crippen molar-refractivity contribution in [3.05, 3.63) is 23.8 Å². The molecule has 1 aromatic rings. The lowest BCUT2D eigenvalue weighted by Crippen LogP contribution is -2.12. The van der Waals surface area contributed by atoms with Gasteiger partial charge in [-0.3, -0.25) is 0 Å². The molecule has 1 aromatic carbocycles. The SMILES string of the molecule is CCS(=O)(=O)CCCOc1ccc(OC)cc1CN. The molecule has 0 unspecified atom stereocenters. The van der Waals surface area contributed by atoms with E-state index < -0.39 is 9.84 Å². The van der Waals surface area contributed by atoms with Gasteiger partial charge in [0.25, 0.3) is 0 Å². The van der Waals surface area contributed by atoms with Crippen LogP contribution >= 0.6 is 0 Å². The van der Waals surface area contributed by atoms with Gasteiger partial charge in [0, 0.05) is 17.9 Å². The van der Waals surface area contributed by atoms with Crippen LogP contribution in [0.1, 0.15) is 18.9 Å². The van der Waals surface area contributed by atoms with Gasteiger partial charge < -0.3 is 15.2 Å². The van der Waals surface area contributed by atoms with Crippen LogP contribution in [0.5, 0.6) is 11.5 Å². The number of benzene rings is 1. The Hall–Kier alpha value is -1.27. The maximum atomic E-state index is 11.3. The largest absolute Gasteiger partial charge is 0.497 e. The Morgan fingerprint density at radius 3 is 2.63 bits per heavy atom. The Balaban J connectivity index is 2.54. The molecule has 6 heteroatoms. The Morgan fingerprint density at radius 2 is 2.05 bits per heavy atom. The number of methoxy groups -OCH3 is 1. The normalized spacial score (nSPS) is 11.3. The van der Waals surface area contributed by atoms with E-state index in [-0.39, 0.29) is 11.5 Å². The van der Waals surface area contributed by atoms with Crippen molar-refractivity contribution in [2.75, 3.05) is 25.2 Å². The molecule has 0 saturated heterocycles. The van der Waals surface area contributed by atoms with Crippen LogP contribution in [0.2, 0.25) is 0 Å². The van der Waals surface area contributed by atoms with Gasteiger partial charge in [0.2, 0.25) is 0 Å². The molecule has 0 aliphatic carbocycles. The molecular weight excluding hydrogens is 266 g/mol. The van der Waals surface area contributed by atoms with Crippen LogP contribution in [0, 0.1) is 0 Å². The van der Waals surface area contributed by atoms with Crippen molar-refractivity contribution < 1.29 is 17.9 Å². The highest BCUT2D eigenvalue weighted by Gasteiger charge is 2.08. The number of nitrogens with two attached hydrogens (primary N) is 1. The third kappa shape index (κ3) is 5.08. The first-order valence-corrected chi connectivity index (χ1v) is 8.04. The zero-order valence-corrected chi connectivity index (χ0v) is 12.2. The Morgan fingerprint density at radius 1 is 1.32 bits per heavy atom. The zero-order chi connectivity index (χ0) is 14.3. The monoisotopic (exact) mass is 287 g/mol. The maximum absolute atomic E-state index is 11.3. The van der Waals surface area contributed by atoms with E-state index in [9.17, 15) is 8.42 Å². The van der Waals surface area contributed by atoms with Crippen LogP contribution in [-0.4, -0.2) is 33.6 Å². The van der Waals surface area contributed by atoms with Gasteiger partial charge in [-0.2, -0.15) is 0 Å². The van der Waals surface area contributed by atoms with Crippen molar-refractivity contribution >= 4 is 9.84 Å². The molecule has 5 nitrogen and oxygen atoms in total. The van der Waals surface area contributed by atoms with Gasteiger partial charge in [-0.05, 0) is 24.6 Å². The second-order valence-corrected chi connectivity index (χ2v) is 6.59. The third-order valence-electron chi connectivity index (χ3n) is 2.78. The van der Waals surface area contributed by atoms with Crippen molar-refractivity contribution in [3.63, 3.8) is 0 Å². The van der Waals surface area contributed by atoms with E-state index in [2.05, 4.69) is 0 Å². The van der Waals surface area contributed by atoms with Crippen LogP contribution in [0.25, 0.3) is 0 Å². The fraction of sp³-hybridized carbons (Fsp3) is 0.538. The van der Waals surface area contributed by atoms with E-state index in [4.69, 9.17) is 15.2 Å². The van der Waals surface area contributed by atoms with Gasteiger partial charge >= 0.3 is 0 Å². The summed E-state index contributed by atoms with van der Waals surface area (Å²) in [5, 5.41) is 0. The molecule has 0 amide bonds. The Labute approximate surface area is 114 Å². The average molecular weight is 287 g/mol. The highest BCUT2D eigenvalue weighted by molar-refractivity contribution is 7.91. The number of rotatable bonds is 8. The lowest BCUT2D eigenvalue weighted by molar-refractivity contribution is 0.313. The summed E-state index contributed by atoms with van der Waals surface area (Å²) in [7, 11) is -1.34. The van der Waals surface area contributed by atoms with E-state index in [1.54, 1.807) is 26.2 Å². The molecule has 0 fully saturated rings. The molecule has 0 bridgehead atoms. The summed E-state index contributed by atoms with van der Waals surface area (Å²) in [4.78, 5) is 0. The predicted octanol–water partition coefficient (Wildman–Crippen LogP) is 1.36. The topological polar surface area (TPSA) is 78.6 Å². The summed E-state index contributed by atoms with van der Waals surface area (Å²) in [5.41, 5.74) is 6.48. The van der Waals surface area contributed by atoms with Crippen LogP contribution in [0.15, 0.2) is 18.2 Å². The van der Waals surface area contributed by atoms with Crippen molar-refractivity contribution in [1.29, 1.82) is 0 Å². The minimum atomic E-state index is -2.92. The second kappa shape index (κ2) is 7.35. The van der Waals surface area contributed by atoms with E-state index in [0.717, 1.165) is 11.3 Å². The minimum absolute atomic E-state index is 0.150. The van der Waals surface area contributed by atoms with Crippen molar-refractivity contribution in [3.8, 4) is 11.5 Å². The first kappa shape index (κ1) is 15.8. The van der Waals surface area contributed by atoms with Crippen LogP contribution < -0.4 is 15.2 Å². The lowest BCUT2D eigenvalue weighted by atomic mass is 10.2. The summed E-state index contributed by atoms with van der Waals surface area (Å²) in [6.07, 6.45) is 0.478. The summed E-state index contributed by atoms with van der Waals surface area (Å²) >= 11 is 0. The van der Waals surface area contributed by atoms with Gasteiger partial charge in [0.15, 0.2) is 0 Å². The molecule has 0 aliphatic rings. The van der Waals surface area contributed by atoms with E-state index >= 15 is 0 Å². The molecule has 0 aromatic heterocycles. The van der Waals surface area contributed by atoms with Gasteiger partial charge in [-0.15, -0.1) is 0 Å². The van der Waals surface area contributed by atoms with Gasteiger partial charge in [0.05, 0.1) is 19.5 Å².